The van der Waals surface area contributed by atoms with Gasteiger partial charge in [0.1, 0.15) is 11.6 Å². The number of carbonyl (C=O) groups excluding carboxylic acids is 1. The van der Waals surface area contributed by atoms with Gasteiger partial charge in [0.15, 0.2) is 0 Å². The monoisotopic (exact) mass is 577 g/mol. The first-order valence-electron chi connectivity index (χ1n) is 13.4. The van der Waals surface area contributed by atoms with Crippen molar-refractivity contribution in [3.05, 3.63) is 30.1 Å². The standard InChI is InChI=1S/C26H39Cl2FN3O4P/c1-35-25(33)8-2-7-24-23-6-4-16-30-15-3-5-20(26(23)30)19-32(24)37(34,31(17-13-27)18-14-28)36-22-11-9-21(29)10-12-22/h9-12,20,23-24,26H,2-8,13-19H2,1H3/t20-,23+,24+,26-,37?/m0/s1. The maximum Gasteiger partial charge on any atom is 0.396 e. The minimum atomic E-state index is -3.67. The minimum Gasteiger partial charge on any atom is -0.469 e. The molecule has 3 aliphatic rings. The van der Waals surface area contributed by atoms with E-state index in [0.717, 1.165) is 38.8 Å². The Balaban J connectivity index is 1.72. The fourth-order valence-corrected chi connectivity index (χ4v) is 10.0. The Bertz CT molecular complexity index is 935. The van der Waals surface area contributed by atoms with Crippen LogP contribution in [0.15, 0.2) is 24.3 Å². The largest absolute Gasteiger partial charge is 0.469 e. The summed E-state index contributed by atoms with van der Waals surface area (Å²) in [6.07, 6.45) is 6.05. The number of hydrogen-bond donors (Lipinski definition) is 0. The SMILES string of the molecule is COC(=O)CCC[C@@H]1[C@H]2CCCN3CCC[C@@H](CN1P(=O)(Oc1ccc(F)cc1)N(CCCl)CCCl)[C@@H]23. The summed E-state index contributed by atoms with van der Waals surface area (Å²) in [5.74, 6) is 0.990. The number of esters is 1. The van der Waals surface area contributed by atoms with E-state index in [4.69, 9.17) is 32.5 Å². The van der Waals surface area contributed by atoms with Crippen LogP contribution in [0.3, 0.4) is 0 Å². The molecule has 208 valence electrons. The number of alkyl halides is 2. The summed E-state index contributed by atoms with van der Waals surface area (Å²) >= 11 is 12.4. The number of hydrogen-bond acceptors (Lipinski definition) is 5. The van der Waals surface area contributed by atoms with E-state index < -0.39 is 7.67 Å². The Morgan fingerprint density at radius 1 is 1.14 bits per heavy atom. The summed E-state index contributed by atoms with van der Waals surface area (Å²) in [5.41, 5.74) is 0. The molecule has 3 aliphatic heterocycles. The third-order valence-electron chi connectivity index (χ3n) is 8.16. The number of nitrogens with zero attached hydrogens (tertiary/aromatic N) is 3. The summed E-state index contributed by atoms with van der Waals surface area (Å²) in [6.45, 7) is 3.56. The average molecular weight is 578 g/mol. The highest BCUT2D eigenvalue weighted by Gasteiger charge is 2.55. The summed E-state index contributed by atoms with van der Waals surface area (Å²) in [4.78, 5) is 14.6. The van der Waals surface area contributed by atoms with Crippen LogP contribution < -0.4 is 4.52 Å². The fourth-order valence-electron chi connectivity index (χ4n) is 6.65. The van der Waals surface area contributed by atoms with E-state index in [1.165, 1.54) is 31.4 Å². The van der Waals surface area contributed by atoms with Gasteiger partial charge in [-0.3, -0.25) is 9.69 Å². The Hall–Kier alpha value is -0.890. The van der Waals surface area contributed by atoms with Crippen LogP contribution >= 0.6 is 30.9 Å². The molecule has 0 aromatic heterocycles. The molecule has 0 saturated carbocycles. The molecule has 4 rings (SSSR count). The molecule has 0 bridgehead atoms. The van der Waals surface area contributed by atoms with E-state index in [1.54, 1.807) is 4.67 Å². The van der Waals surface area contributed by atoms with Crippen LogP contribution in [0, 0.1) is 17.7 Å². The molecule has 5 atom stereocenters. The summed E-state index contributed by atoms with van der Waals surface area (Å²) < 4.78 is 44.0. The third kappa shape index (κ3) is 6.64. The van der Waals surface area contributed by atoms with E-state index in [1.807, 2.05) is 0 Å². The van der Waals surface area contributed by atoms with E-state index in [2.05, 4.69) is 9.57 Å². The first-order valence-corrected chi connectivity index (χ1v) is 16.0. The smallest absolute Gasteiger partial charge is 0.396 e. The quantitative estimate of drug-likeness (QED) is 0.182. The van der Waals surface area contributed by atoms with Crippen LogP contribution in [0.1, 0.15) is 44.9 Å². The second-order valence-electron chi connectivity index (χ2n) is 10.3. The Morgan fingerprint density at radius 2 is 1.81 bits per heavy atom. The van der Waals surface area contributed by atoms with Crippen molar-refractivity contribution in [2.24, 2.45) is 11.8 Å². The van der Waals surface area contributed by atoms with Gasteiger partial charge in [-0.25, -0.2) is 18.3 Å². The first kappa shape index (κ1) is 29.1. The highest BCUT2D eigenvalue weighted by Crippen LogP contribution is 2.60. The Kier molecular flexibility index (Phi) is 10.6. The minimum absolute atomic E-state index is 0.0359. The van der Waals surface area contributed by atoms with Crippen molar-refractivity contribution in [3.63, 3.8) is 0 Å². The molecule has 1 unspecified atom stereocenters. The molecular formula is C26H39Cl2FN3O4P. The maximum atomic E-state index is 15.2. The molecule has 7 nitrogen and oxygen atoms in total. The normalized spacial score (nSPS) is 27.9. The van der Waals surface area contributed by atoms with E-state index >= 15 is 4.57 Å². The third-order valence-corrected chi connectivity index (χ3v) is 11.2. The lowest BCUT2D eigenvalue weighted by atomic mass is 9.70. The number of ether oxygens (including phenoxy) is 1. The molecule has 0 amide bonds. The van der Waals surface area contributed by atoms with Crippen molar-refractivity contribution in [1.82, 2.24) is 14.2 Å². The molecule has 11 heteroatoms. The Morgan fingerprint density at radius 3 is 2.46 bits per heavy atom. The van der Waals surface area contributed by atoms with E-state index in [9.17, 15) is 9.18 Å². The van der Waals surface area contributed by atoms with Gasteiger partial charge in [0.2, 0.25) is 0 Å². The predicted molar refractivity (Wildman–Crippen MR) is 145 cm³/mol. The maximum absolute atomic E-state index is 15.2. The second kappa shape index (κ2) is 13.5. The number of halogens is 3. The number of carbonyl (C=O) groups is 1. The fraction of sp³-hybridized carbons (Fsp3) is 0.731. The van der Waals surface area contributed by atoms with Crippen molar-refractivity contribution in [1.29, 1.82) is 0 Å². The Labute approximate surface area is 230 Å². The number of methoxy groups -OCH3 is 1. The van der Waals surface area contributed by atoms with Gasteiger partial charge in [0.25, 0.3) is 0 Å². The lowest BCUT2D eigenvalue weighted by Gasteiger charge is -2.58. The van der Waals surface area contributed by atoms with Crippen molar-refractivity contribution in [2.75, 3.05) is 51.6 Å². The van der Waals surface area contributed by atoms with Crippen LogP contribution in [0.2, 0.25) is 0 Å². The van der Waals surface area contributed by atoms with E-state index in [0.29, 0.717) is 62.5 Å². The van der Waals surface area contributed by atoms with Crippen LogP contribution in [-0.2, 0) is 14.1 Å². The molecular weight excluding hydrogens is 539 g/mol. The highest BCUT2D eigenvalue weighted by molar-refractivity contribution is 7.54. The predicted octanol–water partition coefficient (Wildman–Crippen LogP) is 5.61. The molecule has 1 aromatic carbocycles. The number of benzene rings is 1. The molecule has 3 heterocycles. The van der Waals surface area contributed by atoms with Gasteiger partial charge < -0.3 is 9.26 Å². The molecule has 1 aromatic rings. The zero-order valence-electron chi connectivity index (χ0n) is 21.6. The van der Waals surface area contributed by atoms with Crippen molar-refractivity contribution < 1.29 is 23.0 Å². The molecule has 3 saturated heterocycles. The second-order valence-corrected chi connectivity index (χ2v) is 13.3. The summed E-state index contributed by atoms with van der Waals surface area (Å²) in [7, 11) is -2.27. The van der Waals surface area contributed by atoms with Crippen molar-refractivity contribution in [2.45, 2.75) is 57.0 Å². The van der Waals surface area contributed by atoms with Gasteiger partial charge in [-0.15, -0.1) is 23.2 Å². The lowest BCUT2D eigenvalue weighted by Crippen LogP contribution is -2.64. The van der Waals surface area contributed by atoms with Gasteiger partial charge in [0.05, 0.1) is 7.11 Å². The number of piperidine rings is 3. The van der Waals surface area contributed by atoms with Crippen LogP contribution in [-0.4, -0.2) is 83.9 Å². The van der Waals surface area contributed by atoms with Crippen molar-refractivity contribution >= 4 is 36.8 Å². The molecule has 37 heavy (non-hydrogen) atoms. The zero-order valence-corrected chi connectivity index (χ0v) is 24.0. The van der Waals surface area contributed by atoms with Gasteiger partial charge in [-0.05, 0) is 87.7 Å². The van der Waals surface area contributed by atoms with Crippen LogP contribution in [0.25, 0.3) is 0 Å². The zero-order chi connectivity index (χ0) is 26.4. The molecule has 0 N–H and O–H groups in total. The van der Waals surface area contributed by atoms with Gasteiger partial charge in [0, 0.05) is 49.9 Å². The molecule has 0 radical (unpaired) electrons. The average Bonchev–Trinajstić information content (AvgIpc) is 2.91. The molecule has 3 fully saturated rings. The van der Waals surface area contributed by atoms with Crippen LogP contribution in [0.5, 0.6) is 5.75 Å². The highest BCUT2D eigenvalue weighted by atomic mass is 35.5. The van der Waals surface area contributed by atoms with Gasteiger partial charge in [-0.2, -0.15) is 0 Å². The van der Waals surface area contributed by atoms with Crippen molar-refractivity contribution in [3.8, 4) is 5.75 Å². The molecule has 0 spiro atoms. The van der Waals surface area contributed by atoms with E-state index in [-0.39, 0.29) is 29.6 Å². The number of rotatable bonds is 12. The lowest BCUT2D eigenvalue weighted by molar-refractivity contribution is -0.140. The molecule has 0 aliphatic carbocycles. The first-order chi connectivity index (χ1) is 17.9. The van der Waals surface area contributed by atoms with Gasteiger partial charge >= 0.3 is 13.6 Å². The topological polar surface area (TPSA) is 62.3 Å². The summed E-state index contributed by atoms with van der Waals surface area (Å²) in [5, 5.41) is 0. The summed E-state index contributed by atoms with van der Waals surface area (Å²) in [6, 6.07) is 6.08. The van der Waals surface area contributed by atoms with Gasteiger partial charge in [-0.1, -0.05) is 0 Å². The van der Waals surface area contributed by atoms with Crippen LogP contribution in [0.4, 0.5) is 4.39 Å².